The molecule has 0 saturated heterocycles. The van der Waals surface area contributed by atoms with Crippen molar-refractivity contribution in [2.45, 2.75) is 12.8 Å². The molecule has 1 amide bonds. The zero-order chi connectivity index (χ0) is 18.7. The molecule has 3 rings (SSSR count). The van der Waals surface area contributed by atoms with Crippen LogP contribution in [-0.2, 0) is 4.79 Å². The Kier molecular flexibility index (Phi) is 5.60. The van der Waals surface area contributed by atoms with Crippen molar-refractivity contribution in [1.82, 2.24) is 0 Å². The molecule has 3 aromatic carbocycles. The molecule has 0 radical (unpaired) electrons. The van der Waals surface area contributed by atoms with E-state index in [1.54, 1.807) is 37.3 Å². The van der Waals surface area contributed by atoms with Crippen LogP contribution < -0.4 is 5.32 Å². The first-order valence-corrected chi connectivity index (χ1v) is 8.82. The highest BCUT2D eigenvalue weighted by atomic mass is 35.5. The van der Waals surface area contributed by atoms with Crippen LogP contribution in [0.3, 0.4) is 0 Å². The SMILES string of the molecule is CC(C(=O)Nc1cccc(Cl)c1Cl)c1ccc(-c2ccccc2)c(F)c1. The van der Waals surface area contributed by atoms with Gasteiger partial charge in [0, 0.05) is 5.56 Å². The van der Waals surface area contributed by atoms with E-state index in [9.17, 15) is 9.18 Å². The van der Waals surface area contributed by atoms with Crippen LogP contribution in [0.2, 0.25) is 10.0 Å². The topological polar surface area (TPSA) is 29.1 Å². The zero-order valence-corrected chi connectivity index (χ0v) is 15.5. The van der Waals surface area contributed by atoms with Gasteiger partial charge in [-0.2, -0.15) is 0 Å². The summed E-state index contributed by atoms with van der Waals surface area (Å²) in [6, 6.07) is 19.1. The third-order valence-corrected chi connectivity index (χ3v) is 5.00. The fourth-order valence-electron chi connectivity index (χ4n) is 2.65. The van der Waals surface area contributed by atoms with E-state index in [2.05, 4.69) is 5.32 Å². The molecular formula is C21H16Cl2FNO. The van der Waals surface area contributed by atoms with Gasteiger partial charge in [0.1, 0.15) is 5.82 Å². The molecule has 0 aliphatic rings. The molecule has 5 heteroatoms. The molecule has 2 nitrogen and oxygen atoms in total. The highest BCUT2D eigenvalue weighted by Crippen LogP contribution is 2.31. The van der Waals surface area contributed by atoms with E-state index in [0.717, 1.165) is 5.56 Å². The smallest absolute Gasteiger partial charge is 0.231 e. The Hall–Kier alpha value is -2.36. The van der Waals surface area contributed by atoms with Crippen molar-refractivity contribution in [1.29, 1.82) is 0 Å². The number of hydrogen-bond acceptors (Lipinski definition) is 1. The van der Waals surface area contributed by atoms with Gasteiger partial charge >= 0.3 is 0 Å². The fraction of sp³-hybridized carbons (Fsp3) is 0.0952. The molecule has 1 N–H and O–H groups in total. The number of carbonyl (C=O) groups is 1. The quantitative estimate of drug-likeness (QED) is 0.540. The Morgan fingerprint density at radius 2 is 1.73 bits per heavy atom. The first-order valence-electron chi connectivity index (χ1n) is 8.07. The molecule has 1 unspecified atom stereocenters. The number of nitrogens with one attached hydrogen (secondary N) is 1. The minimum absolute atomic E-state index is 0.278. The first-order chi connectivity index (χ1) is 12.5. The molecule has 3 aromatic rings. The third kappa shape index (κ3) is 3.90. The molecule has 0 spiro atoms. The van der Waals surface area contributed by atoms with Crippen LogP contribution in [-0.4, -0.2) is 5.91 Å². The number of halogens is 3. The van der Waals surface area contributed by atoms with Gasteiger partial charge in [0.2, 0.25) is 5.91 Å². The van der Waals surface area contributed by atoms with Gasteiger partial charge in [0.25, 0.3) is 0 Å². The summed E-state index contributed by atoms with van der Waals surface area (Å²) in [5.41, 5.74) is 2.30. The molecule has 0 heterocycles. The second kappa shape index (κ2) is 7.90. The Morgan fingerprint density at radius 1 is 1.00 bits per heavy atom. The molecule has 0 aromatic heterocycles. The van der Waals surface area contributed by atoms with Gasteiger partial charge in [-0.15, -0.1) is 0 Å². The maximum absolute atomic E-state index is 14.5. The molecule has 0 saturated carbocycles. The highest BCUT2D eigenvalue weighted by molar-refractivity contribution is 6.44. The molecule has 0 bridgehead atoms. The lowest BCUT2D eigenvalue weighted by atomic mass is 9.96. The standard InChI is InChI=1S/C21H16Cl2FNO/c1-13(21(26)25-19-9-5-8-17(22)20(19)23)15-10-11-16(18(24)12-15)14-6-3-2-4-7-14/h2-13H,1H3,(H,25,26). The first kappa shape index (κ1) is 18.4. The van der Waals surface area contributed by atoms with Crippen molar-refractivity contribution >= 4 is 34.8 Å². The predicted octanol–water partition coefficient (Wildman–Crippen LogP) is 6.54. The van der Waals surface area contributed by atoms with E-state index in [-0.39, 0.29) is 16.7 Å². The van der Waals surface area contributed by atoms with Crippen molar-refractivity contribution in [3.63, 3.8) is 0 Å². The Morgan fingerprint density at radius 3 is 2.42 bits per heavy atom. The van der Waals surface area contributed by atoms with Gasteiger partial charge in [-0.05, 0) is 36.2 Å². The molecule has 26 heavy (non-hydrogen) atoms. The Labute approximate surface area is 161 Å². The zero-order valence-electron chi connectivity index (χ0n) is 14.0. The van der Waals surface area contributed by atoms with Gasteiger partial charge in [-0.1, -0.05) is 71.7 Å². The minimum Gasteiger partial charge on any atom is -0.324 e. The lowest BCUT2D eigenvalue weighted by Crippen LogP contribution is -2.19. The molecule has 0 aliphatic heterocycles. The predicted molar refractivity (Wildman–Crippen MR) is 105 cm³/mol. The van der Waals surface area contributed by atoms with E-state index in [0.29, 0.717) is 21.8 Å². The van der Waals surface area contributed by atoms with E-state index in [4.69, 9.17) is 23.2 Å². The summed E-state index contributed by atoms with van der Waals surface area (Å²) in [4.78, 5) is 12.5. The molecule has 0 fully saturated rings. The lowest BCUT2D eigenvalue weighted by molar-refractivity contribution is -0.117. The molecule has 1 atom stereocenters. The Bertz CT molecular complexity index is 944. The van der Waals surface area contributed by atoms with Crippen molar-refractivity contribution in [3.05, 3.63) is 88.2 Å². The van der Waals surface area contributed by atoms with Gasteiger partial charge in [-0.3, -0.25) is 4.79 Å². The van der Waals surface area contributed by atoms with Crippen LogP contribution in [0.15, 0.2) is 66.7 Å². The van der Waals surface area contributed by atoms with Crippen molar-refractivity contribution in [3.8, 4) is 11.1 Å². The van der Waals surface area contributed by atoms with E-state index < -0.39 is 5.92 Å². The summed E-state index contributed by atoms with van der Waals surface area (Å²) in [6.45, 7) is 1.71. The van der Waals surface area contributed by atoms with Gasteiger partial charge in [0.05, 0.1) is 21.7 Å². The van der Waals surface area contributed by atoms with Crippen molar-refractivity contribution in [2.24, 2.45) is 0 Å². The van der Waals surface area contributed by atoms with E-state index in [1.165, 1.54) is 6.07 Å². The number of rotatable bonds is 4. The summed E-state index contributed by atoms with van der Waals surface area (Å²) in [7, 11) is 0. The number of carbonyl (C=O) groups excluding carboxylic acids is 1. The average Bonchev–Trinajstić information content (AvgIpc) is 2.65. The number of benzene rings is 3. The van der Waals surface area contributed by atoms with Gasteiger partial charge < -0.3 is 5.32 Å². The number of anilines is 1. The van der Waals surface area contributed by atoms with Crippen molar-refractivity contribution < 1.29 is 9.18 Å². The van der Waals surface area contributed by atoms with Crippen LogP contribution in [0, 0.1) is 5.82 Å². The number of hydrogen-bond donors (Lipinski definition) is 1. The van der Waals surface area contributed by atoms with E-state index in [1.807, 2.05) is 30.3 Å². The summed E-state index contributed by atoms with van der Waals surface area (Å²) in [5, 5.41) is 3.37. The van der Waals surface area contributed by atoms with Crippen LogP contribution in [0.1, 0.15) is 18.4 Å². The number of amides is 1. The van der Waals surface area contributed by atoms with Gasteiger partial charge in [-0.25, -0.2) is 4.39 Å². The lowest BCUT2D eigenvalue weighted by Gasteiger charge is -2.15. The second-order valence-corrected chi connectivity index (χ2v) is 6.70. The van der Waals surface area contributed by atoms with Crippen LogP contribution >= 0.6 is 23.2 Å². The largest absolute Gasteiger partial charge is 0.324 e. The van der Waals surface area contributed by atoms with Gasteiger partial charge in [0.15, 0.2) is 0 Å². The highest BCUT2D eigenvalue weighted by Gasteiger charge is 2.18. The summed E-state index contributed by atoms with van der Waals surface area (Å²) in [5.74, 6) is -1.21. The second-order valence-electron chi connectivity index (χ2n) is 5.92. The van der Waals surface area contributed by atoms with Crippen LogP contribution in [0.5, 0.6) is 0 Å². The minimum atomic E-state index is -0.552. The molecule has 132 valence electrons. The maximum atomic E-state index is 14.5. The summed E-state index contributed by atoms with van der Waals surface area (Å²) < 4.78 is 14.5. The molecular weight excluding hydrogens is 372 g/mol. The average molecular weight is 388 g/mol. The maximum Gasteiger partial charge on any atom is 0.231 e. The monoisotopic (exact) mass is 387 g/mol. The van der Waals surface area contributed by atoms with Crippen LogP contribution in [0.25, 0.3) is 11.1 Å². The third-order valence-electron chi connectivity index (χ3n) is 4.18. The van der Waals surface area contributed by atoms with Crippen LogP contribution in [0.4, 0.5) is 10.1 Å². The summed E-state index contributed by atoms with van der Waals surface area (Å²) >= 11 is 12.1. The van der Waals surface area contributed by atoms with E-state index >= 15 is 0 Å². The Balaban J connectivity index is 1.81. The summed E-state index contributed by atoms with van der Waals surface area (Å²) in [6.07, 6.45) is 0. The van der Waals surface area contributed by atoms with Crippen molar-refractivity contribution in [2.75, 3.05) is 5.32 Å². The normalized spacial score (nSPS) is 11.8. The molecule has 0 aliphatic carbocycles. The fourth-order valence-corrected chi connectivity index (χ4v) is 2.99.